The lowest BCUT2D eigenvalue weighted by atomic mass is 10.2. The monoisotopic (exact) mass is 148 g/mol. The van der Waals surface area contributed by atoms with Crippen molar-refractivity contribution in [2.24, 2.45) is 0 Å². The summed E-state index contributed by atoms with van der Waals surface area (Å²) in [4.78, 5) is 0. The number of nitrogens with one attached hydrogen (secondary N) is 2. The van der Waals surface area contributed by atoms with Crippen LogP contribution in [0.1, 0.15) is 12.8 Å². The lowest BCUT2D eigenvalue weighted by Gasteiger charge is -2.21. The summed E-state index contributed by atoms with van der Waals surface area (Å²) in [5, 5.41) is 6.91. The maximum absolute atomic E-state index is 3.53. The van der Waals surface area contributed by atoms with Crippen LogP contribution in [0.15, 0.2) is 0 Å². The molecular weight excluding hydrogens is 136 g/mol. The molecule has 2 atom stereocenters. The van der Waals surface area contributed by atoms with E-state index in [-0.39, 0.29) is 12.4 Å². The molecule has 2 nitrogen and oxygen atoms in total. The normalized spacial score (nSPS) is 40.0. The van der Waals surface area contributed by atoms with Crippen LogP contribution in [0.4, 0.5) is 0 Å². The van der Waals surface area contributed by atoms with E-state index in [1.165, 1.54) is 25.9 Å². The number of hydrogen-bond acceptors (Lipinski definition) is 2. The fraction of sp³-hybridized carbons (Fsp3) is 1.00. The molecule has 2 fully saturated rings. The van der Waals surface area contributed by atoms with Crippen molar-refractivity contribution in [1.82, 2.24) is 10.6 Å². The summed E-state index contributed by atoms with van der Waals surface area (Å²) in [5.41, 5.74) is 0. The third-order valence-corrected chi connectivity index (χ3v) is 2.12. The average Bonchev–Trinajstić information content (AvgIpc) is 2.12. The predicted molar refractivity (Wildman–Crippen MR) is 40.1 cm³/mol. The van der Waals surface area contributed by atoms with Crippen molar-refractivity contribution in [3.8, 4) is 0 Å². The smallest absolute Gasteiger partial charge is 0.0196 e. The van der Waals surface area contributed by atoms with Crippen molar-refractivity contribution in [2.75, 3.05) is 13.1 Å². The molecule has 54 valence electrons. The molecule has 2 aliphatic rings. The van der Waals surface area contributed by atoms with Gasteiger partial charge in [-0.05, 0) is 12.8 Å². The number of piperazine rings is 1. The highest BCUT2D eigenvalue weighted by Crippen LogP contribution is 2.13. The zero-order valence-corrected chi connectivity index (χ0v) is 6.21. The molecule has 0 aromatic rings. The van der Waals surface area contributed by atoms with E-state index in [1.54, 1.807) is 0 Å². The minimum Gasteiger partial charge on any atom is -0.314 e. The summed E-state index contributed by atoms with van der Waals surface area (Å²) in [6.45, 7) is 2.38. The molecule has 0 spiro atoms. The van der Waals surface area contributed by atoms with E-state index in [1.807, 2.05) is 0 Å². The van der Waals surface area contributed by atoms with Crippen LogP contribution in [0.25, 0.3) is 0 Å². The van der Waals surface area contributed by atoms with Gasteiger partial charge < -0.3 is 10.6 Å². The summed E-state index contributed by atoms with van der Waals surface area (Å²) in [6.07, 6.45) is 2.77. The van der Waals surface area contributed by atoms with Gasteiger partial charge in [0.2, 0.25) is 0 Å². The Balaban J connectivity index is 0.000000405. The fourth-order valence-electron chi connectivity index (χ4n) is 1.66. The molecule has 2 aliphatic heterocycles. The molecule has 2 N–H and O–H groups in total. The van der Waals surface area contributed by atoms with Crippen molar-refractivity contribution in [3.63, 3.8) is 0 Å². The maximum Gasteiger partial charge on any atom is 0.0196 e. The van der Waals surface area contributed by atoms with Crippen LogP contribution < -0.4 is 10.6 Å². The number of fused-ring (bicyclic) bond motifs is 2. The minimum absolute atomic E-state index is 0. The first-order valence-corrected chi connectivity index (χ1v) is 3.42. The van der Waals surface area contributed by atoms with Gasteiger partial charge in [0.15, 0.2) is 0 Å². The van der Waals surface area contributed by atoms with Gasteiger partial charge in [-0.3, -0.25) is 0 Å². The average molecular weight is 149 g/mol. The molecule has 0 aromatic carbocycles. The second-order valence-corrected chi connectivity index (χ2v) is 2.80. The summed E-state index contributed by atoms with van der Waals surface area (Å²) < 4.78 is 0. The first-order chi connectivity index (χ1) is 3.95. The van der Waals surface area contributed by atoms with Crippen molar-refractivity contribution in [3.05, 3.63) is 0 Å². The van der Waals surface area contributed by atoms with Crippen LogP contribution in [0.5, 0.6) is 0 Å². The van der Waals surface area contributed by atoms with Gasteiger partial charge in [-0.2, -0.15) is 0 Å². The number of rotatable bonds is 0. The quantitative estimate of drug-likeness (QED) is 0.511. The predicted octanol–water partition coefficient (Wildman–Crippen LogP) is 0.132. The van der Waals surface area contributed by atoms with Gasteiger partial charge in [-0.1, -0.05) is 0 Å². The van der Waals surface area contributed by atoms with E-state index < -0.39 is 0 Å². The van der Waals surface area contributed by atoms with E-state index in [0.717, 1.165) is 12.1 Å². The van der Waals surface area contributed by atoms with Gasteiger partial charge in [0.25, 0.3) is 0 Å². The van der Waals surface area contributed by atoms with Crippen LogP contribution in [-0.2, 0) is 0 Å². The summed E-state index contributed by atoms with van der Waals surface area (Å²) >= 11 is 0. The highest BCUT2D eigenvalue weighted by atomic mass is 35.5. The van der Waals surface area contributed by atoms with E-state index in [4.69, 9.17) is 0 Å². The standard InChI is InChI=1S/C6H12N2.ClH/c1-2-6-4-7-3-5(1)8-6;/h5-8H,1-4H2;1H. The lowest BCUT2D eigenvalue weighted by Crippen LogP contribution is -2.48. The Morgan fingerprint density at radius 2 is 1.56 bits per heavy atom. The summed E-state index contributed by atoms with van der Waals surface area (Å²) in [7, 11) is 0. The zero-order valence-electron chi connectivity index (χ0n) is 5.39. The second kappa shape index (κ2) is 2.86. The first kappa shape index (κ1) is 7.32. The highest BCUT2D eigenvalue weighted by Gasteiger charge is 2.26. The Hall–Kier alpha value is 0.210. The van der Waals surface area contributed by atoms with Crippen LogP contribution in [0.3, 0.4) is 0 Å². The van der Waals surface area contributed by atoms with Crippen LogP contribution >= 0.6 is 12.4 Å². The molecule has 0 amide bonds. The van der Waals surface area contributed by atoms with Crippen molar-refractivity contribution in [1.29, 1.82) is 0 Å². The van der Waals surface area contributed by atoms with Crippen LogP contribution in [0, 0.1) is 0 Å². The van der Waals surface area contributed by atoms with E-state index in [0.29, 0.717) is 0 Å². The third kappa shape index (κ3) is 1.37. The zero-order chi connectivity index (χ0) is 5.40. The van der Waals surface area contributed by atoms with Gasteiger partial charge in [-0.25, -0.2) is 0 Å². The minimum atomic E-state index is 0. The maximum atomic E-state index is 3.53. The van der Waals surface area contributed by atoms with E-state index in [2.05, 4.69) is 10.6 Å². The topological polar surface area (TPSA) is 24.1 Å². The Morgan fingerprint density at radius 1 is 1.00 bits per heavy atom. The van der Waals surface area contributed by atoms with Gasteiger partial charge in [0, 0.05) is 25.2 Å². The molecule has 0 aromatic heterocycles. The molecule has 2 heterocycles. The lowest BCUT2D eigenvalue weighted by molar-refractivity contribution is 0.423. The van der Waals surface area contributed by atoms with Gasteiger partial charge in [0.05, 0.1) is 0 Å². The van der Waals surface area contributed by atoms with Crippen molar-refractivity contribution in [2.45, 2.75) is 24.9 Å². The summed E-state index contributed by atoms with van der Waals surface area (Å²) in [5.74, 6) is 0. The Morgan fingerprint density at radius 3 is 2.00 bits per heavy atom. The van der Waals surface area contributed by atoms with E-state index >= 15 is 0 Å². The SMILES string of the molecule is C1CC2CNCC1N2.Cl. The highest BCUT2D eigenvalue weighted by molar-refractivity contribution is 5.85. The Bertz CT molecular complexity index is 83.1. The molecule has 0 aliphatic carbocycles. The molecule has 2 saturated heterocycles. The third-order valence-electron chi connectivity index (χ3n) is 2.12. The molecule has 9 heavy (non-hydrogen) atoms. The molecule has 3 heteroatoms. The molecule has 2 rings (SSSR count). The van der Waals surface area contributed by atoms with Crippen molar-refractivity contribution >= 4 is 12.4 Å². The Labute approximate surface area is 61.8 Å². The van der Waals surface area contributed by atoms with E-state index in [9.17, 15) is 0 Å². The van der Waals surface area contributed by atoms with Crippen LogP contribution in [-0.4, -0.2) is 25.2 Å². The molecular formula is C6H13ClN2. The van der Waals surface area contributed by atoms with Crippen LogP contribution in [0.2, 0.25) is 0 Å². The first-order valence-electron chi connectivity index (χ1n) is 3.42. The second-order valence-electron chi connectivity index (χ2n) is 2.80. The Kier molecular flexibility index (Phi) is 2.33. The molecule has 0 saturated carbocycles. The van der Waals surface area contributed by atoms with Gasteiger partial charge in [-0.15, -0.1) is 12.4 Å². The largest absolute Gasteiger partial charge is 0.314 e. The number of hydrogen-bond donors (Lipinski definition) is 2. The van der Waals surface area contributed by atoms with Gasteiger partial charge >= 0.3 is 0 Å². The molecule has 0 radical (unpaired) electrons. The fourth-order valence-corrected chi connectivity index (χ4v) is 1.66. The van der Waals surface area contributed by atoms with Gasteiger partial charge in [0.1, 0.15) is 0 Å². The summed E-state index contributed by atoms with van der Waals surface area (Å²) in [6, 6.07) is 1.60. The molecule has 2 bridgehead atoms. The number of halogens is 1. The van der Waals surface area contributed by atoms with Crippen molar-refractivity contribution < 1.29 is 0 Å². The molecule has 2 unspecified atom stereocenters.